The van der Waals surface area contributed by atoms with Crippen molar-refractivity contribution in [2.45, 2.75) is 6.54 Å². The molecule has 1 N–H and O–H groups in total. The summed E-state index contributed by atoms with van der Waals surface area (Å²) in [6.07, 6.45) is 7.39. The van der Waals surface area contributed by atoms with E-state index in [-0.39, 0.29) is 5.82 Å². The molecule has 0 spiro atoms. The predicted molar refractivity (Wildman–Crippen MR) is 120 cm³/mol. The van der Waals surface area contributed by atoms with E-state index in [1.165, 1.54) is 12.1 Å². The number of nitrogens with one attached hydrogen (secondary N) is 1. The van der Waals surface area contributed by atoms with Crippen LogP contribution in [0.4, 0.5) is 16.0 Å². The van der Waals surface area contributed by atoms with E-state index in [0.29, 0.717) is 12.4 Å². The van der Waals surface area contributed by atoms with Gasteiger partial charge in [-0.05, 0) is 36.9 Å². The number of rotatable bonds is 5. The molecule has 1 aromatic carbocycles. The third-order valence-electron chi connectivity index (χ3n) is 5.67. The van der Waals surface area contributed by atoms with Gasteiger partial charge in [-0.15, -0.1) is 0 Å². The van der Waals surface area contributed by atoms with Gasteiger partial charge in [0.2, 0.25) is 0 Å². The summed E-state index contributed by atoms with van der Waals surface area (Å²) in [5.74, 6) is 1.45. The Hall–Kier alpha value is -3.52. The maximum Gasteiger partial charge on any atom is 0.180 e. The van der Waals surface area contributed by atoms with Gasteiger partial charge in [0.15, 0.2) is 11.5 Å². The number of pyridine rings is 1. The SMILES string of the molecule is CN1CCN(c2ccc(-c3cnc4c(NCc5ccc(F)cc5)nccn34)cn2)CC1. The molecule has 8 heteroatoms. The van der Waals surface area contributed by atoms with Crippen LogP contribution in [0, 0.1) is 5.82 Å². The van der Waals surface area contributed by atoms with Crippen LogP contribution in [-0.2, 0) is 6.54 Å². The number of piperazine rings is 1. The van der Waals surface area contributed by atoms with Crippen LogP contribution in [-0.4, -0.2) is 57.5 Å². The summed E-state index contributed by atoms with van der Waals surface area (Å²) in [4.78, 5) is 18.4. The molecule has 0 saturated carbocycles. The van der Waals surface area contributed by atoms with Crippen molar-refractivity contribution < 1.29 is 4.39 Å². The van der Waals surface area contributed by atoms with Gasteiger partial charge in [0.05, 0.1) is 11.9 Å². The van der Waals surface area contributed by atoms with Crippen LogP contribution in [0.15, 0.2) is 61.2 Å². The maximum absolute atomic E-state index is 13.1. The number of hydrogen-bond acceptors (Lipinski definition) is 6. The van der Waals surface area contributed by atoms with E-state index in [9.17, 15) is 4.39 Å². The predicted octanol–water partition coefficient (Wildman–Crippen LogP) is 3.29. The number of likely N-dealkylation sites (N-methyl/N-ethyl adjacent to an activating group) is 1. The van der Waals surface area contributed by atoms with E-state index >= 15 is 0 Å². The molecule has 0 amide bonds. The molecule has 7 nitrogen and oxygen atoms in total. The molecule has 3 aromatic heterocycles. The van der Waals surface area contributed by atoms with Crippen LogP contribution in [0.1, 0.15) is 5.56 Å². The Morgan fingerprint density at radius 1 is 0.935 bits per heavy atom. The summed E-state index contributed by atoms with van der Waals surface area (Å²) >= 11 is 0. The molecule has 31 heavy (non-hydrogen) atoms. The Kier molecular flexibility index (Phi) is 5.21. The van der Waals surface area contributed by atoms with Crippen LogP contribution < -0.4 is 10.2 Å². The molecular formula is C23H24FN7. The number of imidazole rings is 1. The van der Waals surface area contributed by atoms with Gasteiger partial charge in [0.1, 0.15) is 11.6 Å². The van der Waals surface area contributed by atoms with Gasteiger partial charge in [-0.3, -0.25) is 4.40 Å². The first-order valence-electron chi connectivity index (χ1n) is 10.4. The van der Waals surface area contributed by atoms with Crippen LogP contribution in [0.2, 0.25) is 0 Å². The van der Waals surface area contributed by atoms with Gasteiger partial charge in [-0.25, -0.2) is 19.3 Å². The fourth-order valence-electron chi connectivity index (χ4n) is 3.81. The highest BCUT2D eigenvalue weighted by Crippen LogP contribution is 2.25. The normalized spacial score (nSPS) is 14.8. The van der Waals surface area contributed by atoms with Crippen LogP contribution in [0.3, 0.4) is 0 Å². The molecule has 0 radical (unpaired) electrons. The van der Waals surface area contributed by atoms with E-state index < -0.39 is 0 Å². The topological polar surface area (TPSA) is 61.6 Å². The molecule has 1 aliphatic rings. The number of aromatic nitrogens is 4. The van der Waals surface area contributed by atoms with E-state index in [4.69, 9.17) is 4.98 Å². The van der Waals surface area contributed by atoms with Gasteiger partial charge in [0.25, 0.3) is 0 Å². The molecule has 1 aliphatic heterocycles. The number of hydrogen-bond donors (Lipinski definition) is 1. The second kappa shape index (κ2) is 8.31. The van der Waals surface area contributed by atoms with Crippen molar-refractivity contribution in [2.24, 2.45) is 0 Å². The molecule has 1 saturated heterocycles. The summed E-state index contributed by atoms with van der Waals surface area (Å²) in [5, 5.41) is 3.30. The maximum atomic E-state index is 13.1. The first-order chi connectivity index (χ1) is 15.2. The molecule has 4 aromatic rings. The Bertz CT molecular complexity index is 1160. The van der Waals surface area contributed by atoms with Crippen molar-refractivity contribution in [1.82, 2.24) is 24.3 Å². The zero-order chi connectivity index (χ0) is 21.2. The number of nitrogens with zero attached hydrogens (tertiary/aromatic N) is 6. The molecule has 0 bridgehead atoms. The lowest BCUT2D eigenvalue weighted by molar-refractivity contribution is 0.312. The average molecular weight is 417 g/mol. The lowest BCUT2D eigenvalue weighted by atomic mass is 10.2. The zero-order valence-corrected chi connectivity index (χ0v) is 17.4. The molecule has 4 heterocycles. The van der Waals surface area contributed by atoms with Gasteiger partial charge >= 0.3 is 0 Å². The Morgan fingerprint density at radius 3 is 2.48 bits per heavy atom. The minimum atomic E-state index is -0.242. The highest BCUT2D eigenvalue weighted by molar-refractivity contribution is 5.70. The summed E-state index contributed by atoms with van der Waals surface area (Å²) < 4.78 is 15.1. The largest absolute Gasteiger partial charge is 0.363 e. The quantitative estimate of drug-likeness (QED) is 0.538. The molecule has 0 atom stereocenters. The van der Waals surface area contributed by atoms with Crippen LogP contribution in [0.5, 0.6) is 0 Å². The van der Waals surface area contributed by atoms with Crippen molar-refractivity contribution in [3.05, 3.63) is 72.6 Å². The Labute approximate surface area is 180 Å². The van der Waals surface area contributed by atoms with E-state index in [0.717, 1.165) is 54.5 Å². The highest BCUT2D eigenvalue weighted by Gasteiger charge is 2.16. The number of fused-ring (bicyclic) bond motifs is 1. The fourth-order valence-corrected chi connectivity index (χ4v) is 3.81. The summed E-state index contributed by atoms with van der Waals surface area (Å²) in [6.45, 7) is 4.63. The molecule has 1 fully saturated rings. The standard InChI is InChI=1S/C23H24FN7/c1-29-10-12-30(13-11-29)21-7-4-18(15-26-21)20-16-28-23-22(25-8-9-31(20)23)27-14-17-2-5-19(24)6-3-17/h2-9,15-16H,10-14H2,1H3,(H,25,27). The van der Waals surface area contributed by atoms with E-state index in [1.807, 2.05) is 23.0 Å². The first-order valence-corrected chi connectivity index (χ1v) is 10.4. The monoisotopic (exact) mass is 417 g/mol. The first kappa shape index (κ1) is 19.4. The van der Waals surface area contributed by atoms with Gasteiger partial charge in [-0.1, -0.05) is 12.1 Å². The average Bonchev–Trinajstić information content (AvgIpc) is 3.24. The third-order valence-corrected chi connectivity index (χ3v) is 5.67. The van der Waals surface area contributed by atoms with Crippen molar-refractivity contribution in [1.29, 1.82) is 0 Å². The van der Waals surface area contributed by atoms with Crippen LogP contribution in [0.25, 0.3) is 16.9 Å². The van der Waals surface area contributed by atoms with Gasteiger partial charge in [-0.2, -0.15) is 0 Å². The Balaban J connectivity index is 1.36. The summed E-state index contributed by atoms with van der Waals surface area (Å²) in [5.41, 5.74) is 3.67. The molecule has 158 valence electrons. The summed E-state index contributed by atoms with van der Waals surface area (Å²) in [6, 6.07) is 10.6. The Morgan fingerprint density at radius 2 is 1.74 bits per heavy atom. The third kappa shape index (κ3) is 4.06. The lowest BCUT2D eigenvalue weighted by Gasteiger charge is -2.33. The van der Waals surface area contributed by atoms with E-state index in [1.54, 1.807) is 18.3 Å². The summed E-state index contributed by atoms with van der Waals surface area (Å²) in [7, 11) is 2.15. The number of halogens is 1. The van der Waals surface area contributed by atoms with Crippen LogP contribution >= 0.6 is 0 Å². The van der Waals surface area contributed by atoms with Crippen molar-refractivity contribution in [2.75, 3.05) is 43.4 Å². The second-order valence-corrected chi connectivity index (χ2v) is 7.79. The van der Waals surface area contributed by atoms with Gasteiger partial charge in [0, 0.05) is 56.9 Å². The molecule has 0 unspecified atom stereocenters. The zero-order valence-electron chi connectivity index (χ0n) is 17.4. The smallest absolute Gasteiger partial charge is 0.180 e. The molecular weight excluding hydrogens is 393 g/mol. The van der Waals surface area contributed by atoms with Crippen molar-refractivity contribution in [3.8, 4) is 11.3 Å². The lowest BCUT2D eigenvalue weighted by Crippen LogP contribution is -2.44. The van der Waals surface area contributed by atoms with Crippen molar-refractivity contribution in [3.63, 3.8) is 0 Å². The molecule has 0 aliphatic carbocycles. The molecule has 5 rings (SSSR count). The second-order valence-electron chi connectivity index (χ2n) is 7.79. The van der Waals surface area contributed by atoms with Crippen molar-refractivity contribution >= 4 is 17.3 Å². The highest BCUT2D eigenvalue weighted by atomic mass is 19.1. The minimum absolute atomic E-state index is 0.242. The van der Waals surface area contributed by atoms with E-state index in [2.05, 4.69) is 44.3 Å². The number of benzene rings is 1. The minimum Gasteiger partial charge on any atom is -0.363 e. The van der Waals surface area contributed by atoms with Gasteiger partial charge < -0.3 is 15.1 Å². The fraction of sp³-hybridized carbons (Fsp3) is 0.261. The number of anilines is 2.